The highest BCUT2D eigenvalue weighted by Gasteiger charge is 2.21. The first-order valence-corrected chi connectivity index (χ1v) is 9.44. The third-order valence-corrected chi connectivity index (χ3v) is 4.03. The highest BCUT2D eigenvalue weighted by atomic mass is 16.6. The van der Waals surface area contributed by atoms with E-state index in [0.29, 0.717) is 23.5 Å². The molecule has 30 heavy (non-hydrogen) atoms. The summed E-state index contributed by atoms with van der Waals surface area (Å²) >= 11 is 0. The number of aromatic nitrogens is 1. The van der Waals surface area contributed by atoms with Crippen LogP contribution in [0.5, 0.6) is 0 Å². The van der Waals surface area contributed by atoms with E-state index in [1.165, 1.54) is 7.11 Å². The second-order valence-corrected chi connectivity index (χ2v) is 7.61. The first-order valence-electron chi connectivity index (χ1n) is 9.44. The third-order valence-electron chi connectivity index (χ3n) is 4.03. The lowest BCUT2D eigenvalue weighted by atomic mass is 10.0. The molecule has 0 saturated heterocycles. The van der Waals surface area contributed by atoms with Gasteiger partial charge in [0.25, 0.3) is 0 Å². The van der Waals surface area contributed by atoms with E-state index in [0.717, 1.165) is 11.1 Å². The Morgan fingerprint density at radius 3 is 2.57 bits per heavy atom. The Morgan fingerprint density at radius 1 is 1.23 bits per heavy atom. The number of nitrogens with one attached hydrogen (secondary N) is 2. The number of amides is 2. The van der Waals surface area contributed by atoms with Gasteiger partial charge in [0.05, 0.1) is 18.8 Å². The molecule has 1 aromatic carbocycles. The van der Waals surface area contributed by atoms with Crippen molar-refractivity contribution >= 4 is 23.6 Å². The van der Waals surface area contributed by atoms with Crippen molar-refractivity contribution in [1.29, 1.82) is 0 Å². The minimum atomic E-state index is -0.605. The number of carbonyl (C=O) groups is 2. The molecule has 0 spiro atoms. The molecule has 4 N–H and O–H groups in total. The molecule has 8 nitrogen and oxygen atoms in total. The summed E-state index contributed by atoms with van der Waals surface area (Å²) in [4.78, 5) is 28.0. The number of anilines is 2. The van der Waals surface area contributed by atoms with Crippen LogP contribution >= 0.6 is 0 Å². The third kappa shape index (κ3) is 6.51. The van der Waals surface area contributed by atoms with Gasteiger partial charge in [-0.05, 0) is 57.0 Å². The van der Waals surface area contributed by atoms with Crippen LogP contribution in [0.15, 0.2) is 49.2 Å². The van der Waals surface area contributed by atoms with Crippen LogP contribution in [0.3, 0.4) is 0 Å². The van der Waals surface area contributed by atoms with Crippen LogP contribution < -0.4 is 16.4 Å². The Hall–Kier alpha value is -3.55. The molecule has 2 aromatic rings. The van der Waals surface area contributed by atoms with Crippen LogP contribution in [-0.4, -0.2) is 29.9 Å². The Balaban J connectivity index is 2.27. The molecule has 2 rings (SSSR count). The number of benzene rings is 1. The molecule has 0 aliphatic rings. The van der Waals surface area contributed by atoms with Gasteiger partial charge < -0.3 is 20.5 Å². The molecule has 160 valence electrons. The normalized spacial score (nSPS) is 11.9. The highest BCUT2D eigenvalue weighted by molar-refractivity contribution is 5.87. The predicted octanol–water partition coefficient (Wildman–Crippen LogP) is 4.65. The standard InChI is InChI=1S/C22H28N4O4/c1-6-7-18(26-21(28)30-22(2,3)4)19-12-14(10-11-24-19)16-9-8-15(13-17(16)23)25-20(27)29-5/h6,8-13,18H,1,7,23H2,2-5H3,(H,25,27)(H,26,28)/t18-/m0/s1. The first-order chi connectivity index (χ1) is 14.1. The van der Waals surface area contributed by atoms with Crippen molar-refractivity contribution in [3.8, 4) is 11.1 Å². The zero-order chi connectivity index (χ0) is 22.3. The summed E-state index contributed by atoms with van der Waals surface area (Å²) in [7, 11) is 1.29. The molecular formula is C22H28N4O4. The minimum Gasteiger partial charge on any atom is -0.453 e. The molecule has 1 atom stereocenters. The van der Waals surface area contributed by atoms with E-state index in [-0.39, 0.29) is 0 Å². The predicted molar refractivity (Wildman–Crippen MR) is 117 cm³/mol. The van der Waals surface area contributed by atoms with Gasteiger partial charge in [-0.1, -0.05) is 12.1 Å². The van der Waals surface area contributed by atoms with Gasteiger partial charge in [-0.3, -0.25) is 10.3 Å². The quantitative estimate of drug-likeness (QED) is 0.470. The van der Waals surface area contributed by atoms with Crippen LogP contribution in [0.25, 0.3) is 11.1 Å². The largest absolute Gasteiger partial charge is 0.453 e. The van der Waals surface area contributed by atoms with E-state index in [9.17, 15) is 9.59 Å². The number of pyridine rings is 1. The van der Waals surface area contributed by atoms with Crippen molar-refractivity contribution in [3.63, 3.8) is 0 Å². The molecule has 0 aliphatic heterocycles. The smallest absolute Gasteiger partial charge is 0.411 e. The lowest BCUT2D eigenvalue weighted by molar-refractivity contribution is 0.0503. The zero-order valence-corrected chi connectivity index (χ0v) is 17.7. The van der Waals surface area contributed by atoms with Crippen LogP contribution in [0, 0.1) is 0 Å². The number of nitrogens with zero attached hydrogens (tertiary/aromatic N) is 1. The maximum Gasteiger partial charge on any atom is 0.411 e. The fourth-order valence-corrected chi connectivity index (χ4v) is 2.75. The van der Waals surface area contributed by atoms with Crippen molar-refractivity contribution in [3.05, 3.63) is 54.9 Å². The first kappa shape index (κ1) is 22.7. The van der Waals surface area contributed by atoms with Gasteiger partial charge in [-0.25, -0.2) is 9.59 Å². The van der Waals surface area contributed by atoms with E-state index in [2.05, 4.69) is 26.9 Å². The van der Waals surface area contributed by atoms with Gasteiger partial charge in [0.2, 0.25) is 0 Å². The Morgan fingerprint density at radius 2 is 1.97 bits per heavy atom. The molecule has 1 heterocycles. The molecule has 0 radical (unpaired) electrons. The fraction of sp³-hybridized carbons (Fsp3) is 0.318. The van der Waals surface area contributed by atoms with Crippen molar-refractivity contribution in [2.45, 2.75) is 38.8 Å². The van der Waals surface area contributed by atoms with Crippen LogP contribution in [0.2, 0.25) is 0 Å². The molecule has 0 aliphatic carbocycles. The number of methoxy groups -OCH3 is 1. The number of carbonyl (C=O) groups excluding carboxylic acids is 2. The molecule has 1 aromatic heterocycles. The molecule has 0 bridgehead atoms. The van der Waals surface area contributed by atoms with Gasteiger partial charge in [-0.2, -0.15) is 0 Å². The maximum absolute atomic E-state index is 12.2. The van der Waals surface area contributed by atoms with Crippen molar-refractivity contribution in [2.24, 2.45) is 0 Å². The number of rotatable bonds is 6. The van der Waals surface area contributed by atoms with E-state index < -0.39 is 23.8 Å². The molecule has 0 saturated carbocycles. The van der Waals surface area contributed by atoms with Crippen molar-refractivity contribution in [2.75, 3.05) is 18.2 Å². The monoisotopic (exact) mass is 412 g/mol. The fourth-order valence-electron chi connectivity index (χ4n) is 2.75. The number of alkyl carbamates (subject to hydrolysis) is 1. The van der Waals surface area contributed by atoms with E-state index >= 15 is 0 Å². The van der Waals surface area contributed by atoms with Crippen LogP contribution in [0.4, 0.5) is 21.0 Å². The summed E-state index contributed by atoms with van der Waals surface area (Å²) in [5.74, 6) is 0. The second-order valence-electron chi connectivity index (χ2n) is 7.61. The summed E-state index contributed by atoms with van der Waals surface area (Å²) in [5, 5.41) is 5.41. The van der Waals surface area contributed by atoms with E-state index in [4.69, 9.17) is 10.5 Å². The number of ether oxygens (including phenoxy) is 2. The van der Waals surface area contributed by atoms with E-state index in [1.54, 1.807) is 51.2 Å². The lowest BCUT2D eigenvalue weighted by Crippen LogP contribution is -2.35. The molecular weight excluding hydrogens is 384 g/mol. The molecule has 0 unspecified atom stereocenters. The number of hydrogen-bond acceptors (Lipinski definition) is 6. The van der Waals surface area contributed by atoms with Gasteiger partial charge in [0.15, 0.2) is 0 Å². The Kier molecular flexibility index (Phi) is 7.41. The Bertz CT molecular complexity index is 922. The van der Waals surface area contributed by atoms with Gasteiger partial charge in [-0.15, -0.1) is 6.58 Å². The van der Waals surface area contributed by atoms with Gasteiger partial charge in [0.1, 0.15) is 5.60 Å². The highest BCUT2D eigenvalue weighted by Crippen LogP contribution is 2.30. The summed E-state index contributed by atoms with van der Waals surface area (Å²) in [5.41, 5.74) is 8.81. The summed E-state index contributed by atoms with van der Waals surface area (Å²) in [6, 6.07) is 8.43. The number of nitrogens with two attached hydrogens (primary N) is 1. The molecule has 2 amide bonds. The SMILES string of the molecule is C=CC[C@H](NC(=O)OC(C)(C)C)c1cc(-c2ccc(NC(=O)OC)cc2N)ccn1. The second kappa shape index (κ2) is 9.78. The number of nitrogen functional groups attached to an aromatic ring is 1. The van der Waals surface area contributed by atoms with Crippen LogP contribution in [0.1, 0.15) is 38.9 Å². The summed E-state index contributed by atoms with van der Waals surface area (Å²) in [6.07, 6.45) is 2.73. The van der Waals surface area contributed by atoms with E-state index in [1.807, 2.05) is 12.1 Å². The molecule has 0 fully saturated rings. The van der Waals surface area contributed by atoms with Crippen molar-refractivity contribution < 1.29 is 19.1 Å². The van der Waals surface area contributed by atoms with Gasteiger partial charge >= 0.3 is 12.2 Å². The van der Waals surface area contributed by atoms with Gasteiger partial charge in [0, 0.05) is 23.1 Å². The lowest BCUT2D eigenvalue weighted by Gasteiger charge is -2.23. The number of hydrogen-bond donors (Lipinski definition) is 3. The summed E-state index contributed by atoms with van der Waals surface area (Å²) < 4.78 is 9.93. The maximum atomic E-state index is 12.2. The zero-order valence-electron chi connectivity index (χ0n) is 17.7. The average molecular weight is 412 g/mol. The van der Waals surface area contributed by atoms with Crippen molar-refractivity contribution in [1.82, 2.24) is 10.3 Å². The topological polar surface area (TPSA) is 116 Å². The Labute approximate surface area is 176 Å². The summed E-state index contributed by atoms with van der Waals surface area (Å²) in [6.45, 7) is 9.16. The average Bonchev–Trinajstić information content (AvgIpc) is 2.66. The minimum absolute atomic E-state index is 0.404. The molecule has 8 heteroatoms. The van der Waals surface area contributed by atoms with Crippen LogP contribution in [-0.2, 0) is 9.47 Å².